The first-order chi connectivity index (χ1) is 5.47. The molecule has 0 aliphatic carbocycles. The van der Waals surface area contributed by atoms with Crippen molar-refractivity contribution in [3.63, 3.8) is 0 Å². The van der Waals surface area contributed by atoms with Crippen LogP contribution >= 0.6 is 11.8 Å². The fourth-order valence-electron chi connectivity index (χ4n) is 0.957. The first kappa shape index (κ1) is 6.68. The van der Waals surface area contributed by atoms with Gasteiger partial charge in [-0.1, -0.05) is 30.0 Å². The monoisotopic (exact) mass is 161 g/mol. The van der Waals surface area contributed by atoms with Gasteiger partial charge in [0.15, 0.2) is 0 Å². The molecule has 1 aliphatic heterocycles. The van der Waals surface area contributed by atoms with Crippen LogP contribution in [0.1, 0.15) is 5.56 Å². The molecular formula is C9H7NS. The number of thioether (sulfide) groups is 1. The highest BCUT2D eigenvalue weighted by Gasteiger charge is 1.98. The van der Waals surface area contributed by atoms with E-state index in [1.807, 2.05) is 30.0 Å². The Balaban J connectivity index is 2.52. The molecule has 0 atom stereocenters. The second kappa shape index (κ2) is 2.93. The molecule has 11 heavy (non-hydrogen) atoms. The lowest BCUT2D eigenvalue weighted by atomic mass is 10.2. The number of aliphatic imine (C=N–C) groups is 1. The first-order valence-corrected chi connectivity index (χ1v) is 4.29. The van der Waals surface area contributed by atoms with Crippen LogP contribution in [0.2, 0.25) is 0 Å². The summed E-state index contributed by atoms with van der Waals surface area (Å²) >= 11 is 1.70. The maximum atomic E-state index is 4.09. The third kappa shape index (κ3) is 1.35. The van der Waals surface area contributed by atoms with E-state index in [2.05, 4.69) is 17.1 Å². The highest BCUT2D eigenvalue weighted by Crippen LogP contribution is 2.23. The smallest absolute Gasteiger partial charge is 0.0351 e. The van der Waals surface area contributed by atoms with Gasteiger partial charge in [0, 0.05) is 22.9 Å². The molecule has 0 N–H and O–H groups in total. The second-order valence-electron chi connectivity index (χ2n) is 2.22. The van der Waals surface area contributed by atoms with E-state index in [4.69, 9.17) is 0 Å². The predicted molar refractivity (Wildman–Crippen MR) is 49.0 cm³/mol. The lowest BCUT2D eigenvalue weighted by Gasteiger charge is -1.97. The Kier molecular flexibility index (Phi) is 1.78. The van der Waals surface area contributed by atoms with E-state index in [0.717, 1.165) is 0 Å². The number of hydrogen-bond donors (Lipinski definition) is 0. The number of nitrogens with zero attached hydrogens (tertiary/aromatic N) is 1. The second-order valence-corrected chi connectivity index (χ2v) is 3.17. The Morgan fingerprint density at radius 3 is 3.09 bits per heavy atom. The molecule has 0 fully saturated rings. The number of fused-ring (bicyclic) bond motifs is 1. The molecule has 1 nitrogen and oxygen atoms in total. The largest absolute Gasteiger partial charge is 0.264 e. The standard InChI is InChI=1S/C9H7NS/c1-2-4-9-8(3-1)7-10-5-6-11-9/h1-7H. The summed E-state index contributed by atoms with van der Waals surface area (Å²) in [6.45, 7) is 0. The van der Waals surface area contributed by atoms with Crippen molar-refractivity contribution >= 4 is 18.0 Å². The fourth-order valence-corrected chi connectivity index (χ4v) is 1.65. The molecule has 1 aromatic carbocycles. The van der Waals surface area contributed by atoms with Gasteiger partial charge >= 0.3 is 0 Å². The minimum Gasteiger partial charge on any atom is -0.264 e. The van der Waals surface area contributed by atoms with Crippen LogP contribution in [0.25, 0.3) is 0 Å². The van der Waals surface area contributed by atoms with Crippen LogP contribution in [0.3, 0.4) is 0 Å². The number of benzene rings is 1. The lowest BCUT2D eigenvalue weighted by Crippen LogP contribution is -1.81. The van der Waals surface area contributed by atoms with Crippen molar-refractivity contribution in [3.8, 4) is 0 Å². The van der Waals surface area contributed by atoms with E-state index in [1.54, 1.807) is 11.8 Å². The maximum absolute atomic E-state index is 4.09. The fraction of sp³-hybridized carbons (Fsp3) is 0. The van der Waals surface area contributed by atoms with Crippen molar-refractivity contribution in [1.82, 2.24) is 0 Å². The third-order valence-electron chi connectivity index (χ3n) is 1.47. The van der Waals surface area contributed by atoms with Gasteiger partial charge in [0.05, 0.1) is 0 Å². The van der Waals surface area contributed by atoms with Crippen molar-refractivity contribution < 1.29 is 0 Å². The Labute approximate surface area is 69.8 Å². The van der Waals surface area contributed by atoms with Gasteiger partial charge in [-0.25, -0.2) is 0 Å². The summed E-state index contributed by atoms with van der Waals surface area (Å²) in [5, 5.41) is 1.99. The molecule has 0 spiro atoms. The third-order valence-corrected chi connectivity index (χ3v) is 2.36. The summed E-state index contributed by atoms with van der Waals surface area (Å²) in [5.74, 6) is 0. The van der Waals surface area contributed by atoms with Crippen LogP contribution in [0, 0.1) is 0 Å². The van der Waals surface area contributed by atoms with Crippen molar-refractivity contribution in [2.45, 2.75) is 4.90 Å². The zero-order chi connectivity index (χ0) is 7.52. The summed E-state index contributed by atoms with van der Waals surface area (Å²) < 4.78 is 0. The van der Waals surface area contributed by atoms with Crippen LogP contribution in [0.4, 0.5) is 0 Å². The maximum Gasteiger partial charge on any atom is 0.0351 e. The molecule has 0 bridgehead atoms. The quantitative estimate of drug-likeness (QED) is 0.570. The van der Waals surface area contributed by atoms with E-state index < -0.39 is 0 Å². The Morgan fingerprint density at radius 2 is 2.09 bits per heavy atom. The van der Waals surface area contributed by atoms with Gasteiger partial charge in [-0.3, -0.25) is 4.99 Å². The molecule has 1 aliphatic rings. The van der Waals surface area contributed by atoms with Gasteiger partial charge in [-0.2, -0.15) is 0 Å². The molecule has 54 valence electrons. The minimum absolute atomic E-state index is 1.20. The Hall–Kier alpha value is -1.02. The summed E-state index contributed by atoms with van der Waals surface area (Å²) in [6.07, 6.45) is 3.69. The zero-order valence-corrected chi connectivity index (χ0v) is 6.71. The van der Waals surface area contributed by atoms with E-state index in [9.17, 15) is 0 Å². The normalized spacial score (nSPS) is 14.2. The molecule has 0 saturated carbocycles. The van der Waals surface area contributed by atoms with Gasteiger partial charge in [0.1, 0.15) is 0 Å². The molecule has 0 amide bonds. The molecule has 0 unspecified atom stereocenters. The predicted octanol–water partition coefficient (Wildman–Crippen LogP) is 2.68. The molecule has 0 aromatic heterocycles. The topological polar surface area (TPSA) is 12.4 Å². The van der Waals surface area contributed by atoms with Gasteiger partial charge in [0.2, 0.25) is 0 Å². The summed E-state index contributed by atoms with van der Waals surface area (Å²) in [4.78, 5) is 5.35. The molecular weight excluding hydrogens is 154 g/mol. The van der Waals surface area contributed by atoms with Gasteiger partial charge < -0.3 is 0 Å². The molecule has 1 heterocycles. The molecule has 2 heteroatoms. The Morgan fingerprint density at radius 1 is 1.18 bits per heavy atom. The lowest BCUT2D eigenvalue weighted by molar-refractivity contribution is 1.44. The van der Waals surface area contributed by atoms with Crippen molar-refractivity contribution in [1.29, 1.82) is 0 Å². The van der Waals surface area contributed by atoms with Gasteiger partial charge in [0.25, 0.3) is 0 Å². The molecule has 0 saturated heterocycles. The summed E-state index contributed by atoms with van der Waals surface area (Å²) in [6, 6.07) is 8.23. The first-order valence-electron chi connectivity index (χ1n) is 3.41. The number of rotatable bonds is 0. The summed E-state index contributed by atoms with van der Waals surface area (Å²) in [5.41, 5.74) is 1.20. The molecule has 0 radical (unpaired) electrons. The van der Waals surface area contributed by atoms with Crippen LogP contribution < -0.4 is 0 Å². The van der Waals surface area contributed by atoms with E-state index in [1.165, 1.54) is 10.5 Å². The van der Waals surface area contributed by atoms with Crippen LogP contribution in [0.15, 0.2) is 45.8 Å². The van der Waals surface area contributed by atoms with Crippen LogP contribution in [0.5, 0.6) is 0 Å². The average molecular weight is 161 g/mol. The van der Waals surface area contributed by atoms with E-state index in [0.29, 0.717) is 0 Å². The van der Waals surface area contributed by atoms with E-state index >= 15 is 0 Å². The SMILES string of the molecule is C1=CSc2ccccc2C=N1. The zero-order valence-electron chi connectivity index (χ0n) is 5.90. The highest BCUT2D eigenvalue weighted by atomic mass is 32.2. The van der Waals surface area contributed by atoms with E-state index in [-0.39, 0.29) is 0 Å². The average Bonchev–Trinajstić information content (AvgIpc) is 2.28. The number of hydrogen-bond acceptors (Lipinski definition) is 2. The molecule has 2 rings (SSSR count). The Bertz CT molecular complexity index is 315. The van der Waals surface area contributed by atoms with Crippen molar-refractivity contribution in [2.24, 2.45) is 4.99 Å². The molecule has 1 aromatic rings. The van der Waals surface area contributed by atoms with Crippen molar-refractivity contribution in [2.75, 3.05) is 0 Å². The van der Waals surface area contributed by atoms with Crippen LogP contribution in [-0.4, -0.2) is 6.21 Å². The van der Waals surface area contributed by atoms with Gasteiger partial charge in [-0.05, 0) is 11.5 Å². The summed E-state index contributed by atoms with van der Waals surface area (Å²) in [7, 11) is 0. The van der Waals surface area contributed by atoms with Crippen molar-refractivity contribution in [3.05, 3.63) is 41.4 Å². The minimum atomic E-state index is 1.20. The van der Waals surface area contributed by atoms with Crippen LogP contribution in [-0.2, 0) is 0 Å². The van der Waals surface area contributed by atoms with Gasteiger partial charge in [-0.15, -0.1) is 0 Å². The highest BCUT2D eigenvalue weighted by molar-refractivity contribution is 8.02.